The van der Waals surface area contributed by atoms with Crippen LogP contribution in [0.15, 0.2) is 36.5 Å². The molecule has 0 spiro atoms. The quantitative estimate of drug-likeness (QED) is 0.702. The molecule has 0 aliphatic carbocycles. The van der Waals surface area contributed by atoms with Crippen LogP contribution in [0.25, 0.3) is 5.82 Å². The van der Waals surface area contributed by atoms with Crippen molar-refractivity contribution in [2.75, 3.05) is 25.3 Å². The Bertz CT molecular complexity index is 943. The predicted molar refractivity (Wildman–Crippen MR) is 91.4 cm³/mol. The molecule has 3 N–H and O–H groups in total. The number of nitrogens with zero attached hydrogens (tertiary/aromatic N) is 4. The molecule has 3 rings (SSSR count). The topological polar surface area (TPSA) is 100 Å². The molecule has 0 radical (unpaired) electrons. The first-order valence-electron chi connectivity index (χ1n) is 7.57. The molecular formula is C16H15F3N6O2. The molecule has 2 heterocycles. The lowest BCUT2D eigenvalue weighted by Gasteiger charge is -2.16. The average molecular weight is 380 g/mol. The highest BCUT2D eigenvalue weighted by molar-refractivity contribution is 5.67. The fourth-order valence-corrected chi connectivity index (χ4v) is 2.36. The highest BCUT2D eigenvalue weighted by atomic mass is 19.4. The molecule has 0 aliphatic rings. The number of hydrogen-bond donors (Lipinski definition) is 2. The smallest absolute Gasteiger partial charge is 0.420 e. The Morgan fingerprint density at radius 1 is 1.11 bits per heavy atom. The summed E-state index contributed by atoms with van der Waals surface area (Å²) in [6.45, 7) is 0. The molecule has 11 heteroatoms. The van der Waals surface area contributed by atoms with Crippen LogP contribution in [0.4, 0.5) is 30.8 Å². The highest BCUT2D eigenvalue weighted by Gasteiger charge is 2.35. The molecule has 0 amide bonds. The Hall–Kier alpha value is -3.50. The molecule has 1 aromatic carbocycles. The van der Waals surface area contributed by atoms with E-state index in [1.807, 2.05) is 0 Å². The molecule has 27 heavy (non-hydrogen) atoms. The molecule has 0 saturated heterocycles. The third-order valence-corrected chi connectivity index (χ3v) is 3.57. The summed E-state index contributed by atoms with van der Waals surface area (Å²) in [5.41, 5.74) is 4.86. The maximum Gasteiger partial charge on any atom is 0.420 e. The summed E-state index contributed by atoms with van der Waals surface area (Å²) in [6.07, 6.45) is -3.07. The number of alkyl halides is 3. The maximum absolute atomic E-state index is 13.3. The lowest BCUT2D eigenvalue weighted by Crippen LogP contribution is -2.09. The van der Waals surface area contributed by atoms with Crippen molar-refractivity contribution >= 4 is 17.6 Å². The number of nitrogens with one attached hydrogen (secondary N) is 1. The molecule has 0 aliphatic heterocycles. The van der Waals surface area contributed by atoms with Gasteiger partial charge in [0.1, 0.15) is 11.5 Å². The lowest BCUT2D eigenvalue weighted by atomic mass is 10.1. The summed E-state index contributed by atoms with van der Waals surface area (Å²) in [5, 5.41) is 6.81. The first kappa shape index (κ1) is 18.3. The third kappa shape index (κ3) is 3.71. The minimum atomic E-state index is -4.62. The number of nitrogen functional groups attached to an aromatic ring is 1. The van der Waals surface area contributed by atoms with E-state index in [0.29, 0.717) is 5.82 Å². The third-order valence-electron chi connectivity index (χ3n) is 3.57. The van der Waals surface area contributed by atoms with E-state index in [0.717, 1.165) is 19.2 Å². The first-order valence-corrected chi connectivity index (χ1v) is 7.57. The molecule has 142 valence electrons. The summed E-state index contributed by atoms with van der Waals surface area (Å²) < 4.78 is 51.0. The van der Waals surface area contributed by atoms with Gasteiger partial charge in [-0.25, -0.2) is 4.98 Å². The van der Waals surface area contributed by atoms with Crippen molar-refractivity contribution in [2.45, 2.75) is 6.18 Å². The molecule has 0 unspecified atom stereocenters. The standard InChI is InChI=1S/C16H15F3N6O2/c1-26-11-8-12(27-2)10(7-9(11)16(17,18)19)22-15-23-14(20)25(24-15)13-5-3-4-6-21-13/h3-8H,1-2H3,(H3,20,22,23,24). The van der Waals surface area contributed by atoms with Gasteiger partial charge in [0.15, 0.2) is 5.82 Å². The van der Waals surface area contributed by atoms with Crippen molar-refractivity contribution in [2.24, 2.45) is 0 Å². The molecule has 8 nitrogen and oxygen atoms in total. The van der Waals surface area contributed by atoms with Crippen LogP contribution < -0.4 is 20.5 Å². The van der Waals surface area contributed by atoms with Crippen LogP contribution in [0, 0.1) is 0 Å². The monoisotopic (exact) mass is 380 g/mol. The van der Waals surface area contributed by atoms with Gasteiger partial charge in [0.2, 0.25) is 11.9 Å². The van der Waals surface area contributed by atoms with Crippen LogP contribution in [0.2, 0.25) is 0 Å². The molecule has 0 bridgehead atoms. The Morgan fingerprint density at radius 2 is 1.85 bits per heavy atom. The van der Waals surface area contributed by atoms with Crippen LogP contribution in [0.3, 0.4) is 0 Å². The van der Waals surface area contributed by atoms with E-state index in [4.69, 9.17) is 15.2 Å². The fraction of sp³-hybridized carbons (Fsp3) is 0.188. The molecule has 0 atom stereocenters. The number of nitrogens with two attached hydrogens (primary N) is 1. The Balaban J connectivity index is 2.00. The summed E-state index contributed by atoms with van der Waals surface area (Å²) in [4.78, 5) is 8.10. The number of hydrogen-bond acceptors (Lipinski definition) is 7. The maximum atomic E-state index is 13.3. The molecular weight excluding hydrogens is 365 g/mol. The van der Waals surface area contributed by atoms with E-state index >= 15 is 0 Å². The van der Waals surface area contributed by atoms with Gasteiger partial charge in [-0.15, -0.1) is 5.10 Å². The zero-order chi connectivity index (χ0) is 19.6. The van der Waals surface area contributed by atoms with Crippen molar-refractivity contribution in [3.8, 4) is 17.3 Å². The van der Waals surface area contributed by atoms with Crippen molar-refractivity contribution in [3.05, 3.63) is 42.1 Å². The summed E-state index contributed by atoms with van der Waals surface area (Å²) in [6, 6.07) is 7.10. The van der Waals surface area contributed by atoms with E-state index in [-0.39, 0.29) is 29.1 Å². The fourth-order valence-electron chi connectivity index (χ4n) is 2.36. The molecule has 2 aromatic heterocycles. The number of anilines is 3. The zero-order valence-electron chi connectivity index (χ0n) is 14.3. The minimum Gasteiger partial charge on any atom is -0.496 e. The van der Waals surface area contributed by atoms with Crippen molar-refractivity contribution in [1.82, 2.24) is 19.7 Å². The Morgan fingerprint density at radius 3 is 2.44 bits per heavy atom. The van der Waals surface area contributed by atoms with Crippen molar-refractivity contribution in [1.29, 1.82) is 0 Å². The predicted octanol–water partition coefficient (Wildman–Crippen LogP) is 3.02. The van der Waals surface area contributed by atoms with Gasteiger partial charge >= 0.3 is 6.18 Å². The summed E-state index contributed by atoms with van der Waals surface area (Å²) in [5.74, 6) is 0.159. The second-order valence-corrected chi connectivity index (χ2v) is 5.27. The highest BCUT2D eigenvalue weighted by Crippen LogP contribution is 2.42. The summed E-state index contributed by atoms with van der Waals surface area (Å²) in [7, 11) is 2.47. The van der Waals surface area contributed by atoms with Crippen LogP contribution >= 0.6 is 0 Å². The second-order valence-electron chi connectivity index (χ2n) is 5.27. The molecule has 0 fully saturated rings. The van der Waals surface area contributed by atoms with Gasteiger partial charge in [-0.05, 0) is 18.2 Å². The largest absolute Gasteiger partial charge is 0.496 e. The minimum absolute atomic E-state index is 0.00351. The van der Waals surface area contributed by atoms with Gasteiger partial charge in [-0.2, -0.15) is 22.8 Å². The van der Waals surface area contributed by atoms with Gasteiger partial charge in [0.05, 0.1) is 25.5 Å². The van der Waals surface area contributed by atoms with E-state index in [1.54, 1.807) is 24.4 Å². The van der Waals surface area contributed by atoms with Crippen molar-refractivity contribution in [3.63, 3.8) is 0 Å². The van der Waals surface area contributed by atoms with Crippen LogP contribution in [0.5, 0.6) is 11.5 Å². The first-order chi connectivity index (χ1) is 12.8. The Kier molecular flexibility index (Phi) is 4.75. The van der Waals surface area contributed by atoms with E-state index in [9.17, 15) is 13.2 Å². The number of rotatable bonds is 5. The number of ether oxygens (including phenoxy) is 2. The van der Waals surface area contributed by atoms with Crippen LogP contribution in [0.1, 0.15) is 5.56 Å². The van der Waals surface area contributed by atoms with Crippen LogP contribution in [-0.4, -0.2) is 34.0 Å². The van der Waals surface area contributed by atoms with Crippen LogP contribution in [-0.2, 0) is 6.18 Å². The molecule has 0 saturated carbocycles. The number of methoxy groups -OCH3 is 2. The van der Waals surface area contributed by atoms with Gasteiger partial charge in [-0.1, -0.05) is 6.07 Å². The van der Waals surface area contributed by atoms with Gasteiger partial charge in [-0.3, -0.25) is 0 Å². The van der Waals surface area contributed by atoms with Gasteiger partial charge in [0, 0.05) is 12.3 Å². The van der Waals surface area contributed by atoms with E-state index < -0.39 is 11.7 Å². The lowest BCUT2D eigenvalue weighted by molar-refractivity contribution is -0.138. The number of aromatic nitrogens is 4. The Labute approximate surface area is 151 Å². The number of halogens is 3. The van der Waals surface area contributed by atoms with Gasteiger partial charge in [0.25, 0.3) is 0 Å². The normalized spacial score (nSPS) is 11.3. The second kappa shape index (κ2) is 7.02. The zero-order valence-corrected chi connectivity index (χ0v) is 14.3. The van der Waals surface area contributed by atoms with Crippen molar-refractivity contribution < 1.29 is 22.6 Å². The van der Waals surface area contributed by atoms with E-state index in [2.05, 4.69) is 20.4 Å². The number of benzene rings is 1. The summed E-state index contributed by atoms with van der Waals surface area (Å²) >= 11 is 0. The number of pyridine rings is 1. The van der Waals surface area contributed by atoms with E-state index in [1.165, 1.54) is 11.8 Å². The molecule has 3 aromatic rings. The average Bonchev–Trinajstić information content (AvgIpc) is 3.01. The SMILES string of the molecule is COc1cc(OC)c(C(F)(F)F)cc1Nc1nc(N)n(-c2ccccn2)n1. The van der Waals surface area contributed by atoms with Gasteiger partial charge < -0.3 is 20.5 Å².